The summed E-state index contributed by atoms with van der Waals surface area (Å²) in [6.45, 7) is 3.72. The molecule has 0 heterocycles. The zero-order chi connectivity index (χ0) is 41.3. The third-order valence-corrected chi connectivity index (χ3v) is 11.7. The first kappa shape index (κ1) is 52.9. The molecule has 8 atom stereocenters. The lowest BCUT2D eigenvalue weighted by Gasteiger charge is -2.41. The summed E-state index contributed by atoms with van der Waals surface area (Å²) in [4.78, 5) is 23.0. The third kappa shape index (κ3) is 26.8. The normalized spacial score (nSPS) is 23.0. The molecular formula is C43H83O12P. The molecule has 1 aliphatic carbocycles. The maximum Gasteiger partial charge on any atom is 0.472 e. The van der Waals surface area contributed by atoms with Crippen LogP contribution in [0, 0.1) is 0 Å². The Hall–Kier alpha value is -1.08. The number of hydrogen-bond acceptors (Lipinski definition) is 11. The molecule has 56 heavy (non-hydrogen) atoms. The molecule has 0 spiro atoms. The second kappa shape index (κ2) is 34.8. The molecule has 0 bridgehead atoms. The first-order chi connectivity index (χ1) is 27.0. The molecule has 13 heteroatoms. The average molecular weight is 823 g/mol. The van der Waals surface area contributed by atoms with E-state index >= 15 is 0 Å². The Morgan fingerprint density at radius 1 is 0.554 bits per heavy atom. The van der Waals surface area contributed by atoms with Crippen molar-refractivity contribution in [1.29, 1.82) is 0 Å². The van der Waals surface area contributed by atoms with E-state index < -0.39 is 63.1 Å². The fraction of sp³-hybridized carbons (Fsp3) is 0.930. The highest BCUT2D eigenvalue weighted by Crippen LogP contribution is 2.47. The number of carbonyl (C=O) groups excluding carboxylic acids is 1. The predicted octanol–water partition coefficient (Wildman–Crippen LogP) is 9.10. The van der Waals surface area contributed by atoms with E-state index in [0.717, 1.165) is 38.5 Å². The van der Waals surface area contributed by atoms with Gasteiger partial charge in [0.1, 0.15) is 43.2 Å². The number of hydrogen-bond donors (Lipinski definition) is 6. The van der Waals surface area contributed by atoms with Crippen LogP contribution in [0.15, 0.2) is 12.3 Å². The monoisotopic (exact) mass is 823 g/mol. The molecule has 12 nitrogen and oxygen atoms in total. The molecule has 0 amide bonds. The fourth-order valence-electron chi connectivity index (χ4n) is 7.09. The Bertz CT molecular complexity index is 984. The Kier molecular flexibility index (Phi) is 32.9. The van der Waals surface area contributed by atoms with Gasteiger partial charge in [-0.3, -0.25) is 13.8 Å². The molecule has 6 N–H and O–H groups in total. The van der Waals surface area contributed by atoms with E-state index in [1.807, 2.05) is 6.08 Å². The lowest BCUT2D eigenvalue weighted by Crippen LogP contribution is -2.64. The minimum absolute atomic E-state index is 0.155. The second-order valence-corrected chi connectivity index (χ2v) is 17.4. The van der Waals surface area contributed by atoms with Crippen LogP contribution in [0.3, 0.4) is 0 Å². The van der Waals surface area contributed by atoms with Gasteiger partial charge in [-0.2, -0.15) is 0 Å². The standard InChI is InChI=1S/C43H83O12P/c1-3-5-7-9-11-13-15-16-17-18-19-20-21-23-25-27-29-31-33-52-34-36(54-37(44)32-30-28-26-24-22-14-12-10-8-6-4-2)35-53-56(50,51)55-43-41(48)39(46)38(45)40(47)42(43)49/h31,33,36,38-43,45-49H,3-30,32,34-35H2,1-2H3,(H,50,51)/b33-31-/t36-,38?,39-,40?,41?,42?,43?/m1/s1. The van der Waals surface area contributed by atoms with E-state index in [1.165, 1.54) is 141 Å². The van der Waals surface area contributed by atoms with Crippen molar-refractivity contribution in [3.63, 3.8) is 0 Å². The number of unbranched alkanes of at least 4 members (excludes halogenated alkanes) is 26. The number of carbonyl (C=O) groups is 1. The number of phosphoric acid groups is 1. The van der Waals surface area contributed by atoms with Crippen LogP contribution < -0.4 is 0 Å². The Balaban J connectivity index is 2.40. The smallest absolute Gasteiger partial charge is 0.472 e. The van der Waals surface area contributed by atoms with E-state index in [0.29, 0.717) is 6.42 Å². The van der Waals surface area contributed by atoms with Gasteiger partial charge in [-0.25, -0.2) is 4.57 Å². The highest BCUT2D eigenvalue weighted by Gasteiger charge is 2.51. The van der Waals surface area contributed by atoms with Gasteiger partial charge < -0.3 is 39.9 Å². The van der Waals surface area contributed by atoms with Gasteiger partial charge in [0.2, 0.25) is 0 Å². The molecular weight excluding hydrogens is 739 g/mol. The highest BCUT2D eigenvalue weighted by atomic mass is 31.2. The van der Waals surface area contributed by atoms with Crippen LogP contribution in [0.1, 0.15) is 200 Å². The molecule has 1 rings (SSSR count). The van der Waals surface area contributed by atoms with Crippen LogP contribution in [-0.4, -0.2) is 92.3 Å². The van der Waals surface area contributed by atoms with Gasteiger partial charge in [0.05, 0.1) is 12.9 Å². The van der Waals surface area contributed by atoms with Crippen LogP contribution in [0.4, 0.5) is 0 Å². The van der Waals surface area contributed by atoms with Crippen molar-refractivity contribution in [3.05, 3.63) is 12.3 Å². The fourth-order valence-corrected chi connectivity index (χ4v) is 8.06. The van der Waals surface area contributed by atoms with Gasteiger partial charge in [0.25, 0.3) is 0 Å². The molecule has 0 saturated heterocycles. The Morgan fingerprint density at radius 3 is 1.36 bits per heavy atom. The zero-order valence-corrected chi connectivity index (χ0v) is 36.1. The molecule has 0 aromatic heterocycles. The molecule has 332 valence electrons. The number of esters is 1. The van der Waals surface area contributed by atoms with Crippen molar-refractivity contribution < 1.29 is 58.3 Å². The first-order valence-corrected chi connectivity index (χ1v) is 24.1. The summed E-state index contributed by atoms with van der Waals surface area (Å²) in [5.41, 5.74) is 0. The molecule has 1 fully saturated rings. The molecule has 0 aromatic rings. The quantitative estimate of drug-likeness (QED) is 0.0150. The zero-order valence-electron chi connectivity index (χ0n) is 35.2. The van der Waals surface area contributed by atoms with E-state index in [-0.39, 0.29) is 13.0 Å². The van der Waals surface area contributed by atoms with Crippen LogP contribution >= 0.6 is 7.82 Å². The van der Waals surface area contributed by atoms with Crippen molar-refractivity contribution in [1.82, 2.24) is 0 Å². The van der Waals surface area contributed by atoms with Crippen molar-refractivity contribution in [3.8, 4) is 0 Å². The van der Waals surface area contributed by atoms with Crippen molar-refractivity contribution in [2.24, 2.45) is 0 Å². The molecule has 1 aliphatic rings. The number of aliphatic hydroxyl groups is 5. The van der Waals surface area contributed by atoms with Gasteiger partial charge in [-0.1, -0.05) is 174 Å². The molecule has 0 aliphatic heterocycles. The predicted molar refractivity (Wildman–Crippen MR) is 221 cm³/mol. The summed E-state index contributed by atoms with van der Waals surface area (Å²) in [6, 6.07) is 0. The largest absolute Gasteiger partial charge is 0.498 e. The van der Waals surface area contributed by atoms with Crippen LogP contribution in [0.5, 0.6) is 0 Å². The summed E-state index contributed by atoms with van der Waals surface area (Å²) in [5.74, 6) is -0.498. The molecule has 1 saturated carbocycles. The van der Waals surface area contributed by atoms with Gasteiger partial charge in [-0.15, -0.1) is 0 Å². The number of phosphoric ester groups is 1. The summed E-state index contributed by atoms with van der Waals surface area (Å²) < 4.78 is 33.9. The van der Waals surface area contributed by atoms with Crippen LogP contribution in [0.25, 0.3) is 0 Å². The van der Waals surface area contributed by atoms with E-state index in [2.05, 4.69) is 13.8 Å². The summed E-state index contributed by atoms with van der Waals surface area (Å²) in [5, 5.41) is 50.1. The third-order valence-electron chi connectivity index (χ3n) is 10.7. The lowest BCUT2D eigenvalue weighted by molar-refractivity contribution is -0.220. The second-order valence-electron chi connectivity index (χ2n) is 16.0. The topological polar surface area (TPSA) is 192 Å². The summed E-state index contributed by atoms with van der Waals surface area (Å²) in [7, 11) is -5.02. The average Bonchev–Trinajstić information content (AvgIpc) is 3.18. The number of rotatable bonds is 38. The van der Waals surface area contributed by atoms with Gasteiger partial charge >= 0.3 is 13.8 Å². The number of ether oxygens (including phenoxy) is 2. The van der Waals surface area contributed by atoms with Gasteiger partial charge in [0, 0.05) is 6.42 Å². The Labute approximate surface area is 339 Å². The first-order valence-electron chi connectivity index (χ1n) is 22.6. The van der Waals surface area contributed by atoms with Crippen molar-refractivity contribution >= 4 is 13.8 Å². The van der Waals surface area contributed by atoms with Gasteiger partial charge in [-0.05, 0) is 25.3 Å². The van der Waals surface area contributed by atoms with E-state index in [4.69, 9.17) is 18.5 Å². The molecule has 6 unspecified atom stereocenters. The minimum Gasteiger partial charge on any atom is -0.498 e. The molecule has 0 radical (unpaired) electrons. The maximum atomic E-state index is 12.8. The lowest BCUT2D eigenvalue weighted by atomic mass is 9.85. The van der Waals surface area contributed by atoms with Crippen LogP contribution in [0.2, 0.25) is 0 Å². The Morgan fingerprint density at radius 2 is 0.929 bits per heavy atom. The van der Waals surface area contributed by atoms with E-state index in [9.17, 15) is 39.8 Å². The number of allylic oxidation sites excluding steroid dienone is 1. The van der Waals surface area contributed by atoms with Crippen LogP contribution in [-0.2, 0) is 27.9 Å². The van der Waals surface area contributed by atoms with Crippen molar-refractivity contribution in [2.45, 2.75) is 243 Å². The highest BCUT2D eigenvalue weighted by molar-refractivity contribution is 7.47. The number of aliphatic hydroxyl groups excluding tert-OH is 5. The summed E-state index contributed by atoms with van der Waals surface area (Å²) >= 11 is 0. The molecule has 0 aromatic carbocycles. The maximum absolute atomic E-state index is 12.8. The van der Waals surface area contributed by atoms with E-state index in [1.54, 1.807) is 0 Å². The van der Waals surface area contributed by atoms with Gasteiger partial charge in [0.15, 0.2) is 6.10 Å². The minimum atomic E-state index is -5.02. The SMILES string of the molecule is CCCCCCCCCCCCCCCCCC/C=C\OC[C@H](COP(=O)(O)OC1C(O)C(O)C(O)[C@@H](O)C1O)OC(=O)CCCCCCCCCCCCC. The van der Waals surface area contributed by atoms with Crippen molar-refractivity contribution in [2.75, 3.05) is 13.2 Å². The summed E-state index contributed by atoms with van der Waals surface area (Å²) in [6.07, 6.45) is 25.1.